The van der Waals surface area contributed by atoms with E-state index in [0.717, 1.165) is 33.5 Å². The van der Waals surface area contributed by atoms with Crippen molar-refractivity contribution in [3.05, 3.63) is 71.1 Å². The van der Waals surface area contributed by atoms with Crippen LogP contribution in [0.25, 0.3) is 16.9 Å². The van der Waals surface area contributed by atoms with Crippen LogP contribution in [0.1, 0.15) is 51.8 Å². The molecule has 1 aliphatic rings. The fourth-order valence-corrected chi connectivity index (χ4v) is 5.65. The first-order valence-electron chi connectivity index (χ1n) is 14.7. The second-order valence-electron chi connectivity index (χ2n) is 12.0. The first-order valence-corrected chi connectivity index (χ1v) is 16.2. The van der Waals surface area contributed by atoms with Gasteiger partial charge in [-0.15, -0.1) is 5.01 Å². The monoisotopic (exact) mass is 696 g/mol. The van der Waals surface area contributed by atoms with Crippen molar-refractivity contribution in [2.24, 2.45) is 11.2 Å². The number of ether oxygens (including phenoxy) is 2. The molecule has 0 bridgehead atoms. The summed E-state index contributed by atoms with van der Waals surface area (Å²) in [4.78, 5) is 29.4. The van der Waals surface area contributed by atoms with Gasteiger partial charge >= 0.3 is 12.3 Å². The van der Waals surface area contributed by atoms with Gasteiger partial charge in [0.05, 0.1) is 40.3 Å². The fraction of sp³-hybridized carbons (Fsp3) is 0.433. The van der Waals surface area contributed by atoms with Gasteiger partial charge in [-0.3, -0.25) is 9.63 Å². The molecule has 260 valence electrons. The Morgan fingerprint density at radius 1 is 1.10 bits per heavy atom. The zero-order chi connectivity index (χ0) is 35.4. The van der Waals surface area contributed by atoms with Gasteiger partial charge in [0.2, 0.25) is 11.2 Å². The molecule has 0 saturated carbocycles. The summed E-state index contributed by atoms with van der Waals surface area (Å²) < 4.78 is 79.7. The summed E-state index contributed by atoms with van der Waals surface area (Å²) in [5, 5.41) is 20.7. The van der Waals surface area contributed by atoms with Crippen LogP contribution in [-0.2, 0) is 35.3 Å². The molecule has 2 heterocycles. The van der Waals surface area contributed by atoms with Crippen molar-refractivity contribution >= 4 is 22.1 Å². The number of aryl methyl sites for hydroxylation is 1. The van der Waals surface area contributed by atoms with Crippen molar-refractivity contribution in [1.29, 1.82) is 0 Å². The third-order valence-electron chi connectivity index (χ3n) is 6.90. The van der Waals surface area contributed by atoms with Gasteiger partial charge in [0.25, 0.3) is 16.3 Å². The maximum atomic E-state index is 13.5. The molecule has 18 heteroatoms. The van der Waals surface area contributed by atoms with E-state index in [4.69, 9.17) is 14.3 Å². The van der Waals surface area contributed by atoms with Crippen molar-refractivity contribution in [3.63, 3.8) is 0 Å². The summed E-state index contributed by atoms with van der Waals surface area (Å²) in [6, 6.07) is 12.5. The molecule has 1 saturated heterocycles. The Hall–Kier alpha value is -4.87. The summed E-state index contributed by atoms with van der Waals surface area (Å²) in [5.41, 5.74) is -0.263. The van der Waals surface area contributed by atoms with Gasteiger partial charge in [-0.1, -0.05) is 29.8 Å². The number of halogens is 3. The molecule has 4 rings (SSSR count). The molecule has 1 aliphatic heterocycles. The standard InChI is InChI=1S/C30H35F3N6O8S/c1-19-8-10-21(11-9-19)25-17-26(30(31,32)33)34-38(25)23-12-14-24(15-13-23)48(43,44)35-27(40)22-7-6-16-37(18-22)39(42)36-47-20(2)45-28(41)46-29(3,4)5/h8-15,17,20,22H,6-7,16,18H2,1-5H3,(H,35,40). The van der Waals surface area contributed by atoms with Crippen LogP contribution >= 0.6 is 0 Å². The number of carbonyl (C=O) groups is 2. The second kappa shape index (κ2) is 14.1. The molecule has 2 atom stereocenters. The Morgan fingerprint density at radius 3 is 2.35 bits per heavy atom. The predicted molar refractivity (Wildman–Crippen MR) is 162 cm³/mol. The Kier molecular flexibility index (Phi) is 10.6. The second-order valence-corrected chi connectivity index (χ2v) is 13.7. The number of nitrogens with zero attached hydrogens (tertiary/aromatic N) is 5. The minimum Gasteiger partial charge on any atom is -0.569 e. The van der Waals surface area contributed by atoms with Gasteiger partial charge in [0.15, 0.2) is 5.69 Å². The highest BCUT2D eigenvalue weighted by molar-refractivity contribution is 7.90. The Labute approximate surface area is 274 Å². The highest BCUT2D eigenvalue weighted by Crippen LogP contribution is 2.33. The molecule has 3 aromatic rings. The highest BCUT2D eigenvalue weighted by atomic mass is 32.2. The quantitative estimate of drug-likeness (QED) is 0.0993. The van der Waals surface area contributed by atoms with Crippen LogP contribution in [-0.4, -0.2) is 65.2 Å². The maximum absolute atomic E-state index is 13.5. The van der Waals surface area contributed by atoms with Crippen LogP contribution in [0.4, 0.5) is 18.0 Å². The molecular formula is C30H35F3N6O8S. The minimum absolute atomic E-state index is 0.0754. The van der Waals surface area contributed by atoms with Gasteiger partial charge in [-0.05, 0) is 70.9 Å². The number of carbonyl (C=O) groups excluding carboxylic acids is 2. The van der Waals surface area contributed by atoms with E-state index in [1.54, 1.807) is 45.0 Å². The van der Waals surface area contributed by atoms with E-state index in [2.05, 4.69) is 10.4 Å². The molecule has 1 aromatic heterocycles. The first-order chi connectivity index (χ1) is 22.3. The molecular weight excluding hydrogens is 661 g/mol. The van der Waals surface area contributed by atoms with E-state index in [-0.39, 0.29) is 40.8 Å². The topological polar surface area (TPSA) is 167 Å². The molecule has 2 aromatic carbocycles. The summed E-state index contributed by atoms with van der Waals surface area (Å²) in [6.45, 7) is 8.04. The molecule has 1 amide bonds. The summed E-state index contributed by atoms with van der Waals surface area (Å²) in [5.74, 6) is -1.79. The smallest absolute Gasteiger partial charge is 0.511 e. The normalized spacial score (nSPS) is 16.6. The molecule has 14 nitrogen and oxygen atoms in total. The number of rotatable bonds is 9. The number of hydrogen-bond donors (Lipinski definition) is 1. The van der Waals surface area contributed by atoms with Crippen molar-refractivity contribution in [2.45, 2.75) is 70.4 Å². The van der Waals surface area contributed by atoms with Crippen molar-refractivity contribution < 1.29 is 50.5 Å². The van der Waals surface area contributed by atoms with Gasteiger partial charge in [-0.2, -0.15) is 18.3 Å². The van der Waals surface area contributed by atoms with Crippen LogP contribution < -0.4 is 4.72 Å². The molecule has 48 heavy (non-hydrogen) atoms. The number of benzene rings is 2. The lowest BCUT2D eigenvalue weighted by atomic mass is 9.99. The summed E-state index contributed by atoms with van der Waals surface area (Å²) >= 11 is 0. The van der Waals surface area contributed by atoms with Crippen molar-refractivity contribution in [2.75, 3.05) is 13.1 Å². The number of piperidine rings is 1. The molecule has 1 N–H and O–H groups in total. The van der Waals surface area contributed by atoms with E-state index < -0.39 is 51.8 Å². The number of hydrogen-bond acceptors (Lipinski definition) is 10. The van der Waals surface area contributed by atoms with E-state index in [9.17, 15) is 36.4 Å². The number of aromatic nitrogens is 2. The van der Waals surface area contributed by atoms with Gasteiger partial charge in [0, 0.05) is 12.5 Å². The number of sulfonamides is 1. The highest BCUT2D eigenvalue weighted by Gasteiger charge is 2.36. The Morgan fingerprint density at radius 2 is 1.75 bits per heavy atom. The molecule has 0 spiro atoms. The summed E-state index contributed by atoms with van der Waals surface area (Å²) in [7, 11) is -4.40. The van der Waals surface area contributed by atoms with E-state index in [1.165, 1.54) is 19.1 Å². The SMILES string of the molecule is Cc1ccc(-c2cc(C(F)(F)F)nn2-c2ccc(S(=O)(=O)NC(=O)C3CCCN([N+]([O-])=NOC(C)OC(=O)OC(C)(C)C)C3)cc2)cc1. The average Bonchev–Trinajstić information content (AvgIpc) is 3.46. The van der Waals surface area contributed by atoms with E-state index in [0.29, 0.717) is 12.0 Å². The lowest BCUT2D eigenvalue weighted by molar-refractivity contribution is -0.715. The molecule has 0 radical (unpaired) electrons. The number of amides is 1. The van der Waals surface area contributed by atoms with E-state index in [1.807, 2.05) is 11.6 Å². The lowest BCUT2D eigenvalue weighted by Crippen LogP contribution is -2.46. The van der Waals surface area contributed by atoms with Gasteiger partial charge in [0.1, 0.15) is 5.60 Å². The van der Waals surface area contributed by atoms with Gasteiger partial charge in [-0.25, -0.2) is 22.6 Å². The van der Waals surface area contributed by atoms with Crippen LogP contribution in [0.5, 0.6) is 0 Å². The summed E-state index contributed by atoms with van der Waals surface area (Å²) in [6.07, 6.45) is -6.40. The van der Waals surface area contributed by atoms with Crippen LogP contribution in [0, 0.1) is 18.0 Å². The minimum atomic E-state index is -4.72. The van der Waals surface area contributed by atoms with Gasteiger partial charge < -0.3 is 14.7 Å². The Bertz CT molecular complexity index is 1750. The third-order valence-corrected chi connectivity index (χ3v) is 8.27. The van der Waals surface area contributed by atoms with Crippen molar-refractivity contribution in [3.8, 4) is 16.9 Å². The van der Waals surface area contributed by atoms with Crippen LogP contribution in [0.3, 0.4) is 0 Å². The lowest BCUT2D eigenvalue weighted by Gasteiger charge is -2.28. The number of nitrogens with one attached hydrogen (secondary N) is 1. The molecule has 2 unspecified atom stereocenters. The molecule has 0 aliphatic carbocycles. The fourth-order valence-electron chi connectivity index (χ4n) is 4.60. The number of hydrazine groups is 1. The third kappa shape index (κ3) is 9.36. The van der Waals surface area contributed by atoms with Crippen molar-refractivity contribution in [1.82, 2.24) is 19.5 Å². The zero-order valence-corrected chi connectivity index (χ0v) is 27.5. The van der Waals surface area contributed by atoms with Crippen LogP contribution in [0.2, 0.25) is 0 Å². The Balaban J connectivity index is 1.42. The average molecular weight is 697 g/mol. The molecule has 1 fully saturated rings. The predicted octanol–water partition coefficient (Wildman–Crippen LogP) is 5.49. The first kappa shape index (κ1) is 36.0. The number of alkyl halides is 3. The maximum Gasteiger partial charge on any atom is 0.511 e. The largest absolute Gasteiger partial charge is 0.569 e. The zero-order valence-electron chi connectivity index (χ0n) is 26.7. The van der Waals surface area contributed by atoms with E-state index >= 15 is 0 Å². The van der Waals surface area contributed by atoms with Crippen LogP contribution in [0.15, 0.2) is 64.8 Å².